The predicted octanol–water partition coefficient (Wildman–Crippen LogP) is 1.75. The number of carbonyl (C=O) groups excluding carboxylic acids is 1. The summed E-state index contributed by atoms with van der Waals surface area (Å²) in [5.74, 6) is 0.277. The molecule has 1 atom stereocenters. The van der Waals surface area contributed by atoms with Gasteiger partial charge in [0.15, 0.2) is 5.13 Å². The summed E-state index contributed by atoms with van der Waals surface area (Å²) in [6.45, 7) is 4.26. The summed E-state index contributed by atoms with van der Waals surface area (Å²) in [5, 5.41) is 3.06. The summed E-state index contributed by atoms with van der Waals surface area (Å²) in [7, 11) is 0. The van der Waals surface area contributed by atoms with E-state index in [0.717, 1.165) is 57.2 Å². The van der Waals surface area contributed by atoms with E-state index in [4.69, 9.17) is 4.74 Å². The molecule has 110 valence electrons. The lowest BCUT2D eigenvalue weighted by Gasteiger charge is -2.34. The number of rotatable bonds is 4. The molecule has 0 radical (unpaired) electrons. The Morgan fingerprint density at radius 2 is 2.25 bits per heavy atom. The van der Waals surface area contributed by atoms with Crippen LogP contribution in [0.1, 0.15) is 25.7 Å². The number of aromatic nitrogens is 1. The van der Waals surface area contributed by atoms with Crippen molar-refractivity contribution < 1.29 is 9.53 Å². The third-order valence-electron chi connectivity index (χ3n) is 4.03. The SMILES string of the molecule is O=C(CC[C@@H]1CCCO1)N1CCN(c2nccs2)CC1. The Hall–Kier alpha value is -1.14. The molecule has 0 bridgehead atoms. The van der Waals surface area contributed by atoms with Gasteiger partial charge in [0.25, 0.3) is 0 Å². The van der Waals surface area contributed by atoms with E-state index >= 15 is 0 Å². The van der Waals surface area contributed by atoms with Crippen molar-refractivity contribution in [1.82, 2.24) is 9.88 Å². The van der Waals surface area contributed by atoms with E-state index in [-0.39, 0.29) is 5.91 Å². The number of nitrogens with zero attached hydrogens (tertiary/aromatic N) is 3. The average molecular weight is 295 g/mol. The first-order valence-corrected chi connectivity index (χ1v) is 8.25. The highest BCUT2D eigenvalue weighted by Gasteiger charge is 2.23. The number of carbonyl (C=O) groups is 1. The molecular formula is C14H21N3O2S. The third-order valence-corrected chi connectivity index (χ3v) is 4.86. The van der Waals surface area contributed by atoms with Crippen molar-refractivity contribution in [2.24, 2.45) is 0 Å². The second-order valence-electron chi connectivity index (χ2n) is 5.36. The molecule has 6 heteroatoms. The number of anilines is 1. The first kappa shape index (κ1) is 13.8. The standard InChI is InChI=1S/C14H21N3O2S/c18-13(4-3-12-2-1-10-19-12)16-6-8-17(9-7-16)14-15-5-11-20-14/h5,11-12H,1-4,6-10H2/t12-/m0/s1. The van der Waals surface area contributed by atoms with Gasteiger partial charge >= 0.3 is 0 Å². The van der Waals surface area contributed by atoms with Crippen molar-refractivity contribution in [3.8, 4) is 0 Å². The van der Waals surface area contributed by atoms with E-state index < -0.39 is 0 Å². The van der Waals surface area contributed by atoms with Crippen LogP contribution in [0.4, 0.5) is 5.13 Å². The number of hydrogen-bond acceptors (Lipinski definition) is 5. The molecule has 2 saturated heterocycles. The first-order chi connectivity index (χ1) is 9.83. The van der Waals surface area contributed by atoms with Gasteiger partial charge in [-0.2, -0.15) is 0 Å². The average Bonchev–Trinajstić information content (AvgIpc) is 3.18. The van der Waals surface area contributed by atoms with E-state index in [1.54, 1.807) is 11.3 Å². The van der Waals surface area contributed by atoms with Gasteiger partial charge in [-0.25, -0.2) is 4.98 Å². The topological polar surface area (TPSA) is 45.7 Å². The van der Waals surface area contributed by atoms with Gasteiger partial charge in [-0.15, -0.1) is 11.3 Å². The Morgan fingerprint density at radius 3 is 2.90 bits per heavy atom. The predicted molar refractivity (Wildman–Crippen MR) is 79.1 cm³/mol. The zero-order valence-electron chi connectivity index (χ0n) is 11.7. The molecular weight excluding hydrogens is 274 g/mol. The normalized spacial score (nSPS) is 23.3. The quantitative estimate of drug-likeness (QED) is 0.849. The Kier molecular flexibility index (Phi) is 4.52. The van der Waals surface area contributed by atoms with Crippen molar-refractivity contribution in [3.63, 3.8) is 0 Å². The summed E-state index contributed by atoms with van der Waals surface area (Å²) in [5.41, 5.74) is 0. The van der Waals surface area contributed by atoms with E-state index in [2.05, 4.69) is 9.88 Å². The maximum atomic E-state index is 12.2. The molecule has 0 N–H and O–H groups in total. The Balaban J connectivity index is 1.42. The van der Waals surface area contributed by atoms with E-state index in [0.29, 0.717) is 12.5 Å². The fraction of sp³-hybridized carbons (Fsp3) is 0.714. The minimum atomic E-state index is 0.277. The smallest absolute Gasteiger partial charge is 0.222 e. The zero-order valence-corrected chi connectivity index (χ0v) is 12.5. The number of piperazine rings is 1. The van der Waals surface area contributed by atoms with Crippen LogP contribution in [0.3, 0.4) is 0 Å². The first-order valence-electron chi connectivity index (χ1n) is 7.37. The summed E-state index contributed by atoms with van der Waals surface area (Å²) >= 11 is 1.66. The molecule has 2 aliphatic heterocycles. The van der Waals surface area contributed by atoms with Gasteiger partial charge < -0.3 is 14.5 Å². The van der Waals surface area contributed by atoms with Crippen LogP contribution in [0.25, 0.3) is 0 Å². The van der Waals surface area contributed by atoms with Crippen LogP contribution < -0.4 is 4.90 Å². The Bertz CT molecular complexity index is 424. The second-order valence-corrected chi connectivity index (χ2v) is 6.23. The van der Waals surface area contributed by atoms with Gasteiger partial charge in [-0.3, -0.25) is 4.79 Å². The molecule has 5 nitrogen and oxygen atoms in total. The molecule has 0 saturated carbocycles. The summed E-state index contributed by atoms with van der Waals surface area (Å²) in [6.07, 6.45) is 5.92. The summed E-state index contributed by atoms with van der Waals surface area (Å²) in [4.78, 5) is 20.8. The summed E-state index contributed by atoms with van der Waals surface area (Å²) in [6, 6.07) is 0. The second kappa shape index (κ2) is 6.54. The molecule has 1 aromatic rings. The van der Waals surface area contributed by atoms with Crippen molar-refractivity contribution in [3.05, 3.63) is 11.6 Å². The van der Waals surface area contributed by atoms with Crippen molar-refractivity contribution in [2.75, 3.05) is 37.7 Å². The maximum absolute atomic E-state index is 12.2. The molecule has 2 aliphatic rings. The van der Waals surface area contributed by atoms with Crippen LogP contribution in [-0.2, 0) is 9.53 Å². The van der Waals surface area contributed by atoms with E-state index in [1.807, 2.05) is 16.5 Å². The van der Waals surface area contributed by atoms with Crippen LogP contribution >= 0.6 is 11.3 Å². The molecule has 3 heterocycles. The molecule has 0 unspecified atom stereocenters. The fourth-order valence-corrected chi connectivity index (χ4v) is 3.53. The van der Waals surface area contributed by atoms with Crippen LogP contribution in [0.5, 0.6) is 0 Å². The van der Waals surface area contributed by atoms with Gasteiger partial charge in [0.05, 0.1) is 6.10 Å². The van der Waals surface area contributed by atoms with Gasteiger partial charge in [0.2, 0.25) is 5.91 Å². The van der Waals surface area contributed by atoms with E-state index in [1.165, 1.54) is 0 Å². The molecule has 0 aliphatic carbocycles. The Labute approximate surface area is 123 Å². The highest BCUT2D eigenvalue weighted by atomic mass is 32.1. The summed E-state index contributed by atoms with van der Waals surface area (Å²) < 4.78 is 5.57. The third kappa shape index (κ3) is 3.30. The van der Waals surface area contributed by atoms with Crippen molar-refractivity contribution >= 4 is 22.4 Å². The van der Waals surface area contributed by atoms with Crippen LogP contribution in [-0.4, -0.2) is 54.7 Å². The molecule has 2 fully saturated rings. The molecule has 20 heavy (non-hydrogen) atoms. The zero-order chi connectivity index (χ0) is 13.8. The molecule has 0 aromatic carbocycles. The fourth-order valence-electron chi connectivity index (χ4n) is 2.83. The van der Waals surface area contributed by atoms with E-state index in [9.17, 15) is 4.79 Å². The largest absolute Gasteiger partial charge is 0.378 e. The minimum Gasteiger partial charge on any atom is -0.378 e. The number of thiazole rings is 1. The van der Waals surface area contributed by atoms with Gasteiger partial charge in [-0.1, -0.05) is 0 Å². The molecule has 1 amide bonds. The highest BCUT2D eigenvalue weighted by Crippen LogP contribution is 2.20. The lowest BCUT2D eigenvalue weighted by molar-refractivity contribution is -0.132. The van der Waals surface area contributed by atoms with Crippen LogP contribution in [0.2, 0.25) is 0 Å². The van der Waals surface area contributed by atoms with Gasteiger partial charge in [0, 0.05) is 50.8 Å². The van der Waals surface area contributed by atoms with Gasteiger partial charge in [0.1, 0.15) is 0 Å². The monoisotopic (exact) mass is 295 g/mol. The van der Waals surface area contributed by atoms with Crippen LogP contribution in [0.15, 0.2) is 11.6 Å². The minimum absolute atomic E-state index is 0.277. The number of ether oxygens (including phenoxy) is 1. The highest BCUT2D eigenvalue weighted by molar-refractivity contribution is 7.13. The molecule has 0 spiro atoms. The lowest BCUT2D eigenvalue weighted by Crippen LogP contribution is -2.48. The van der Waals surface area contributed by atoms with Crippen molar-refractivity contribution in [2.45, 2.75) is 31.8 Å². The van der Waals surface area contributed by atoms with Gasteiger partial charge in [-0.05, 0) is 19.3 Å². The Morgan fingerprint density at radius 1 is 1.40 bits per heavy atom. The molecule has 1 aromatic heterocycles. The molecule has 3 rings (SSSR count). The number of amides is 1. The van der Waals surface area contributed by atoms with Crippen LogP contribution in [0, 0.1) is 0 Å². The van der Waals surface area contributed by atoms with Crippen molar-refractivity contribution in [1.29, 1.82) is 0 Å². The number of hydrogen-bond donors (Lipinski definition) is 0. The maximum Gasteiger partial charge on any atom is 0.222 e. The lowest BCUT2D eigenvalue weighted by atomic mass is 10.1.